The highest BCUT2D eigenvalue weighted by Crippen LogP contribution is 2.36. The number of hydrogen-bond donors (Lipinski definition) is 3. The Kier molecular flexibility index (Phi) is 10.8. The molecule has 2 aromatic heterocycles. The maximum absolute atomic E-state index is 10.8. The Morgan fingerprint density at radius 2 is 1.80 bits per heavy atom. The molecule has 0 amide bonds. The molecular weight excluding hydrogens is 570 g/mol. The number of nitrogens with one attached hydrogen (secondary N) is 3. The Labute approximate surface area is 274 Å². The molecule has 4 aromatic rings. The molecule has 3 N–H and O–H groups in total. The van der Waals surface area contributed by atoms with E-state index in [1.807, 2.05) is 13.2 Å². The van der Waals surface area contributed by atoms with Crippen molar-refractivity contribution in [3.63, 3.8) is 0 Å². The molecule has 5 rings (SSSR count). The number of pyridine rings is 1. The van der Waals surface area contributed by atoms with Crippen molar-refractivity contribution in [2.75, 3.05) is 32.5 Å². The first-order valence-corrected chi connectivity index (χ1v) is 16.4. The van der Waals surface area contributed by atoms with Gasteiger partial charge in [0, 0.05) is 75.3 Å². The Morgan fingerprint density at radius 3 is 2.54 bits per heavy atom. The minimum Gasteiger partial charge on any atom is -0.353 e. The summed E-state index contributed by atoms with van der Waals surface area (Å²) in [6.45, 7) is 14.4. The summed E-state index contributed by atoms with van der Waals surface area (Å²) in [5.41, 5.74) is 13.7. The molecule has 1 atom stereocenters. The number of benzene rings is 2. The SMILES string of the molecule is C=C(Nc1cccc(-c2cccc(-c3cc(CC)c(CNCC(CCC=O)NC)cn3)c2C)c1C)c1nc2c(n1C)CCN(C)C2. The standard InChI is InChI=1S/C38H49N7O/c1-8-28-20-35(41-22-29(28)21-40-23-30(39-5)12-11-19-46)33-15-9-13-31(25(33)2)32-14-10-16-34(26(32)3)42-27(4)38-43-36-24-44(6)18-17-37(36)45(38)7/h9-10,13-16,19-20,22,30,39-40,42H,4,8,11-12,17-18,21,23-24H2,1-3,5-7H3. The van der Waals surface area contributed by atoms with E-state index in [4.69, 9.17) is 9.97 Å². The molecule has 3 heterocycles. The van der Waals surface area contributed by atoms with Gasteiger partial charge in [-0.25, -0.2) is 4.98 Å². The van der Waals surface area contributed by atoms with Gasteiger partial charge in [0.25, 0.3) is 0 Å². The third-order valence-electron chi connectivity index (χ3n) is 9.45. The zero-order chi connectivity index (χ0) is 32.8. The van der Waals surface area contributed by atoms with Crippen LogP contribution in [0.4, 0.5) is 5.69 Å². The quantitative estimate of drug-likeness (QED) is 0.148. The van der Waals surface area contributed by atoms with Crippen LogP contribution in [0.15, 0.2) is 55.2 Å². The van der Waals surface area contributed by atoms with Crippen LogP contribution in [0.5, 0.6) is 0 Å². The molecule has 8 heteroatoms. The van der Waals surface area contributed by atoms with Crippen molar-refractivity contribution in [3.8, 4) is 22.4 Å². The summed E-state index contributed by atoms with van der Waals surface area (Å²) in [6.07, 6.45) is 6.33. The van der Waals surface area contributed by atoms with Crippen LogP contribution < -0.4 is 16.0 Å². The van der Waals surface area contributed by atoms with Crippen LogP contribution in [0.25, 0.3) is 28.1 Å². The highest BCUT2D eigenvalue weighted by atomic mass is 16.1. The van der Waals surface area contributed by atoms with Crippen LogP contribution in [0, 0.1) is 13.8 Å². The number of carbonyl (C=O) groups excluding carboxylic acids is 1. The van der Waals surface area contributed by atoms with Gasteiger partial charge in [-0.2, -0.15) is 0 Å². The summed E-state index contributed by atoms with van der Waals surface area (Å²) in [6, 6.07) is 15.4. The number of likely N-dealkylation sites (N-methyl/N-ethyl adjacent to an activating group) is 2. The van der Waals surface area contributed by atoms with E-state index in [1.54, 1.807) is 0 Å². The predicted octanol–water partition coefficient (Wildman–Crippen LogP) is 6.06. The highest BCUT2D eigenvalue weighted by molar-refractivity contribution is 5.84. The van der Waals surface area contributed by atoms with Crippen LogP contribution >= 0.6 is 0 Å². The third-order valence-corrected chi connectivity index (χ3v) is 9.45. The number of imidazole rings is 1. The number of hydrogen-bond acceptors (Lipinski definition) is 7. The molecule has 2 aromatic carbocycles. The van der Waals surface area contributed by atoms with Gasteiger partial charge in [-0.05, 0) is 86.3 Å². The molecule has 1 aliphatic heterocycles. The van der Waals surface area contributed by atoms with Gasteiger partial charge in [-0.1, -0.05) is 43.8 Å². The molecule has 0 spiro atoms. The number of aromatic nitrogens is 3. The lowest BCUT2D eigenvalue weighted by Gasteiger charge is -2.21. The molecule has 0 radical (unpaired) electrons. The molecule has 0 bridgehead atoms. The first kappa shape index (κ1) is 33.3. The van der Waals surface area contributed by atoms with Crippen LogP contribution in [0.2, 0.25) is 0 Å². The van der Waals surface area contributed by atoms with Crippen molar-refractivity contribution in [3.05, 3.63) is 94.7 Å². The zero-order valence-corrected chi connectivity index (χ0v) is 28.3. The average molecular weight is 620 g/mol. The van der Waals surface area contributed by atoms with Gasteiger partial charge < -0.3 is 30.2 Å². The molecule has 1 aliphatic rings. The molecule has 0 saturated carbocycles. The van der Waals surface area contributed by atoms with Crippen LogP contribution in [-0.2, 0) is 37.8 Å². The molecule has 242 valence electrons. The summed E-state index contributed by atoms with van der Waals surface area (Å²) in [5.74, 6) is 0.888. The number of aldehydes is 1. The monoisotopic (exact) mass is 619 g/mol. The fourth-order valence-corrected chi connectivity index (χ4v) is 6.57. The first-order chi connectivity index (χ1) is 22.2. The average Bonchev–Trinajstić information content (AvgIpc) is 3.39. The number of nitrogens with zero attached hydrogens (tertiary/aromatic N) is 4. The van der Waals surface area contributed by atoms with Crippen molar-refractivity contribution in [1.82, 2.24) is 30.1 Å². The largest absolute Gasteiger partial charge is 0.353 e. The molecule has 0 aliphatic carbocycles. The van der Waals surface area contributed by atoms with Crippen molar-refractivity contribution in [1.29, 1.82) is 0 Å². The Hall–Kier alpha value is -4.11. The maximum Gasteiger partial charge on any atom is 0.156 e. The van der Waals surface area contributed by atoms with E-state index < -0.39 is 0 Å². The summed E-state index contributed by atoms with van der Waals surface area (Å²) in [5, 5.41) is 10.4. The minimum atomic E-state index is 0.269. The van der Waals surface area contributed by atoms with Crippen molar-refractivity contribution in [2.45, 2.75) is 65.6 Å². The number of carbonyl (C=O) groups is 1. The van der Waals surface area contributed by atoms with Gasteiger partial charge in [0.15, 0.2) is 5.82 Å². The van der Waals surface area contributed by atoms with Crippen LogP contribution in [-0.4, -0.2) is 58.9 Å². The second-order valence-corrected chi connectivity index (χ2v) is 12.5. The molecule has 1 unspecified atom stereocenters. The second-order valence-electron chi connectivity index (χ2n) is 12.5. The van der Waals surface area contributed by atoms with Crippen molar-refractivity contribution < 1.29 is 4.79 Å². The van der Waals surface area contributed by atoms with E-state index in [2.05, 4.69) is 109 Å². The van der Waals surface area contributed by atoms with Crippen molar-refractivity contribution >= 4 is 17.7 Å². The van der Waals surface area contributed by atoms with E-state index in [0.29, 0.717) is 6.42 Å². The van der Waals surface area contributed by atoms with E-state index >= 15 is 0 Å². The number of anilines is 1. The summed E-state index contributed by atoms with van der Waals surface area (Å²) in [7, 11) is 6.18. The van der Waals surface area contributed by atoms with Gasteiger partial charge in [0.2, 0.25) is 0 Å². The second kappa shape index (κ2) is 15.0. The van der Waals surface area contributed by atoms with Crippen LogP contribution in [0.1, 0.15) is 59.2 Å². The topological polar surface area (TPSA) is 87.1 Å². The third kappa shape index (κ3) is 7.15. The zero-order valence-electron chi connectivity index (χ0n) is 28.3. The lowest BCUT2D eigenvalue weighted by atomic mass is 9.91. The summed E-state index contributed by atoms with van der Waals surface area (Å²) >= 11 is 0. The summed E-state index contributed by atoms with van der Waals surface area (Å²) in [4.78, 5) is 23.0. The highest BCUT2D eigenvalue weighted by Gasteiger charge is 2.22. The molecule has 46 heavy (non-hydrogen) atoms. The maximum atomic E-state index is 10.8. The normalized spacial score (nSPS) is 13.8. The number of fused-ring (bicyclic) bond motifs is 1. The fourth-order valence-electron chi connectivity index (χ4n) is 6.57. The van der Waals surface area contributed by atoms with E-state index in [0.717, 1.165) is 85.9 Å². The first-order valence-electron chi connectivity index (χ1n) is 16.4. The number of rotatable bonds is 14. The fraction of sp³-hybridized carbons (Fsp3) is 0.395. The van der Waals surface area contributed by atoms with E-state index in [1.165, 1.54) is 39.1 Å². The number of aryl methyl sites for hydroxylation is 1. The van der Waals surface area contributed by atoms with Crippen molar-refractivity contribution in [2.24, 2.45) is 7.05 Å². The Morgan fingerprint density at radius 1 is 1.07 bits per heavy atom. The van der Waals surface area contributed by atoms with Gasteiger partial charge in [0.1, 0.15) is 6.29 Å². The predicted molar refractivity (Wildman–Crippen MR) is 190 cm³/mol. The lowest BCUT2D eigenvalue weighted by Crippen LogP contribution is -2.36. The van der Waals surface area contributed by atoms with Gasteiger partial charge in [-0.3, -0.25) is 4.98 Å². The van der Waals surface area contributed by atoms with Gasteiger partial charge in [0.05, 0.1) is 17.1 Å². The molecule has 0 fully saturated rings. The van der Waals surface area contributed by atoms with Gasteiger partial charge in [-0.15, -0.1) is 0 Å². The Balaban J connectivity index is 1.36. The Bertz CT molecular complexity index is 1710. The molecular formula is C38H49N7O. The summed E-state index contributed by atoms with van der Waals surface area (Å²) < 4.78 is 2.19. The van der Waals surface area contributed by atoms with Gasteiger partial charge >= 0.3 is 0 Å². The minimum absolute atomic E-state index is 0.269. The lowest BCUT2D eigenvalue weighted by molar-refractivity contribution is -0.108. The smallest absolute Gasteiger partial charge is 0.156 e. The van der Waals surface area contributed by atoms with E-state index in [-0.39, 0.29) is 6.04 Å². The van der Waals surface area contributed by atoms with E-state index in [9.17, 15) is 4.79 Å². The van der Waals surface area contributed by atoms with Crippen LogP contribution in [0.3, 0.4) is 0 Å². The molecule has 8 nitrogen and oxygen atoms in total. The molecule has 0 saturated heterocycles.